The Morgan fingerprint density at radius 1 is 1.15 bits per heavy atom. The third-order valence-corrected chi connectivity index (χ3v) is 5.01. The summed E-state index contributed by atoms with van der Waals surface area (Å²) in [6.07, 6.45) is 3.87. The van der Waals surface area contributed by atoms with Gasteiger partial charge in [-0.1, -0.05) is 32.8 Å². The van der Waals surface area contributed by atoms with E-state index in [0.717, 1.165) is 16.7 Å². The standard InChI is InChI=1S/C17H26N2S/c1-11-8-9-15(10-13(11)3)18-17(20)19-16-7-5-6-12(2)14(16)4/h8-10,12,14,16H,5-7H2,1-4H3,(H2,18,19,20). The molecule has 0 saturated heterocycles. The normalized spacial score (nSPS) is 26.1. The topological polar surface area (TPSA) is 24.1 Å². The zero-order chi connectivity index (χ0) is 14.7. The fourth-order valence-corrected chi connectivity index (χ4v) is 3.21. The average Bonchev–Trinajstić information content (AvgIpc) is 2.39. The summed E-state index contributed by atoms with van der Waals surface area (Å²) in [5.41, 5.74) is 3.67. The van der Waals surface area contributed by atoms with Crippen LogP contribution in [-0.2, 0) is 0 Å². The molecule has 110 valence electrons. The van der Waals surface area contributed by atoms with Crippen LogP contribution in [0.3, 0.4) is 0 Å². The van der Waals surface area contributed by atoms with Gasteiger partial charge >= 0.3 is 0 Å². The van der Waals surface area contributed by atoms with Crippen LogP contribution < -0.4 is 10.6 Å². The fourth-order valence-electron chi connectivity index (χ4n) is 2.94. The van der Waals surface area contributed by atoms with Crippen molar-refractivity contribution in [3.05, 3.63) is 29.3 Å². The van der Waals surface area contributed by atoms with Crippen molar-refractivity contribution in [1.82, 2.24) is 5.32 Å². The van der Waals surface area contributed by atoms with Crippen molar-refractivity contribution in [2.24, 2.45) is 11.8 Å². The van der Waals surface area contributed by atoms with E-state index in [0.29, 0.717) is 12.0 Å². The molecule has 2 nitrogen and oxygen atoms in total. The van der Waals surface area contributed by atoms with Crippen molar-refractivity contribution in [3.8, 4) is 0 Å². The van der Waals surface area contributed by atoms with Crippen LogP contribution in [0.1, 0.15) is 44.2 Å². The van der Waals surface area contributed by atoms with Gasteiger partial charge in [0.2, 0.25) is 0 Å². The molecule has 0 radical (unpaired) electrons. The Morgan fingerprint density at radius 3 is 2.60 bits per heavy atom. The molecule has 2 N–H and O–H groups in total. The second kappa shape index (κ2) is 6.57. The molecule has 0 spiro atoms. The monoisotopic (exact) mass is 290 g/mol. The Bertz CT molecular complexity index is 484. The molecule has 0 bridgehead atoms. The highest BCUT2D eigenvalue weighted by atomic mass is 32.1. The van der Waals surface area contributed by atoms with Gasteiger partial charge in [-0.05, 0) is 67.6 Å². The minimum atomic E-state index is 0.505. The van der Waals surface area contributed by atoms with Crippen LogP contribution in [0, 0.1) is 25.7 Å². The number of rotatable bonds is 2. The predicted octanol–water partition coefficient (Wildman–Crippen LogP) is 4.41. The van der Waals surface area contributed by atoms with Crippen molar-refractivity contribution < 1.29 is 0 Å². The third kappa shape index (κ3) is 3.72. The first-order valence-electron chi connectivity index (χ1n) is 7.62. The first-order chi connectivity index (χ1) is 9.47. The van der Waals surface area contributed by atoms with Gasteiger partial charge in [0.05, 0.1) is 0 Å². The minimum absolute atomic E-state index is 0.505. The van der Waals surface area contributed by atoms with Crippen molar-refractivity contribution in [3.63, 3.8) is 0 Å². The molecular formula is C17H26N2S. The van der Waals surface area contributed by atoms with Gasteiger partial charge in [0.25, 0.3) is 0 Å². The summed E-state index contributed by atoms with van der Waals surface area (Å²) >= 11 is 5.46. The maximum Gasteiger partial charge on any atom is 0.171 e. The molecule has 0 aliphatic heterocycles. The number of anilines is 1. The Hall–Kier alpha value is -1.09. The highest BCUT2D eigenvalue weighted by Gasteiger charge is 2.27. The lowest BCUT2D eigenvalue weighted by molar-refractivity contribution is 0.225. The smallest absolute Gasteiger partial charge is 0.171 e. The number of nitrogens with one attached hydrogen (secondary N) is 2. The summed E-state index contributed by atoms with van der Waals surface area (Å²) in [7, 11) is 0. The van der Waals surface area contributed by atoms with Crippen LogP contribution >= 0.6 is 12.2 Å². The lowest BCUT2D eigenvalue weighted by atomic mass is 9.78. The quantitative estimate of drug-likeness (QED) is 0.789. The van der Waals surface area contributed by atoms with Crippen molar-refractivity contribution >= 4 is 23.0 Å². The first-order valence-corrected chi connectivity index (χ1v) is 8.03. The van der Waals surface area contributed by atoms with Gasteiger partial charge in [0.15, 0.2) is 5.11 Å². The molecule has 3 heteroatoms. The molecule has 2 rings (SSSR count). The van der Waals surface area contributed by atoms with E-state index in [9.17, 15) is 0 Å². The van der Waals surface area contributed by atoms with Gasteiger partial charge in [0.1, 0.15) is 0 Å². The van der Waals surface area contributed by atoms with Crippen LogP contribution in [0.15, 0.2) is 18.2 Å². The molecule has 0 aromatic heterocycles. The van der Waals surface area contributed by atoms with E-state index in [1.165, 1.54) is 30.4 Å². The van der Waals surface area contributed by atoms with E-state index < -0.39 is 0 Å². The highest BCUT2D eigenvalue weighted by molar-refractivity contribution is 7.80. The number of aryl methyl sites for hydroxylation is 2. The summed E-state index contributed by atoms with van der Waals surface area (Å²) in [6.45, 7) is 8.93. The second-order valence-electron chi connectivity index (χ2n) is 6.27. The Kier molecular flexibility index (Phi) is 5.03. The summed E-state index contributed by atoms with van der Waals surface area (Å²) in [6, 6.07) is 6.87. The van der Waals surface area contributed by atoms with E-state index >= 15 is 0 Å². The number of thiocarbonyl (C=S) groups is 1. The molecule has 3 unspecified atom stereocenters. The Morgan fingerprint density at radius 2 is 1.90 bits per heavy atom. The maximum absolute atomic E-state index is 5.46. The van der Waals surface area contributed by atoms with Crippen molar-refractivity contribution in [2.75, 3.05) is 5.32 Å². The highest BCUT2D eigenvalue weighted by Crippen LogP contribution is 2.29. The van der Waals surface area contributed by atoms with Crippen LogP contribution in [0.25, 0.3) is 0 Å². The average molecular weight is 290 g/mol. The maximum atomic E-state index is 5.46. The summed E-state index contributed by atoms with van der Waals surface area (Å²) < 4.78 is 0. The first kappa shape index (κ1) is 15.3. The third-order valence-electron chi connectivity index (χ3n) is 4.79. The molecule has 0 amide bonds. The molecule has 20 heavy (non-hydrogen) atoms. The number of benzene rings is 1. The lowest BCUT2D eigenvalue weighted by Gasteiger charge is -2.35. The second-order valence-corrected chi connectivity index (χ2v) is 6.68. The molecular weight excluding hydrogens is 264 g/mol. The van der Waals surface area contributed by atoms with E-state index in [1.807, 2.05) is 0 Å². The zero-order valence-electron chi connectivity index (χ0n) is 13.0. The Balaban J connectivity index is 1.93. The van der Waals surface area contributed by atoms with Crippen molar-refractivity contribution in [1.29, 1.82) is 0 Å². The van der Waals surface area contributed by atoms with E-state index in [4.69, 9.17) is 12.2 Å². The summed E-state index contributed by atoms with van der Waals surface area (Å²) in [4.78, 5) is 0. The molecule has 1 saturated carbocycles. The fraction of sp³-hybridized carbons (Fsp3) is 0.588. The van der Waals surface area contributed by atoms with E-state index in [2.05, 4.69) is 56.5 Å². The van der Waals surface area contributed by atoms with Gasteiger partial charge in [-0.3, -0.25) is 0 Å². The van der Waals surface area contributed by atoms with Crippen LogP contribution in [-0.4, -0.2) is 11.2 Å². The molecule has 1 aliphatic carbocycles. The molecule has 1 aromatic rings. The predicted molar refractivity (Wildman–Crippen MR) is 91.2 cm³/mol. The van der Waals surface area contributed by atoms with Gasteiger partial charge < -0.3 is 10.6 Å². The molecule has 0 heterocycles. The molecule has 1 aromatic carbocycles. The van der Waals surface area contributed by atoms with E-state index in [-0.39, 0.29) is 0 Å². The van der Waals surface area contributed by atoms with Crippen molar-refractivity contribution in [2.45, 2.75) is 53.0 Å². The van der Waals surface area contributed by atoms with Crippen LogP contribution in [0.2, 0.25) is 0 Å². The van der Waals surface area contributed by atoms with E-state index in [1.54, 1.807) is 0 Å². The van der Waals surface area contributed by atoms with Gasteiger partial charge in [-0.2, -0.15) is 0 Å². The summed E-state index contributed by atoms with van der Waals surface area (Å²) in [5.74, 6) is 1.47. The molecule has 1 aliphatic rings. The number of hydrogen-bond donors (Lipinski definition) is 2. The zero-order valence-corrected chi connectivity index (χ0v) is 13.8. The molecule has 1 fully saturated rings. The largest absolute Gasteiger partial charge is 0.359 e. The molecule has 3 atom stereocenters. The Labute approximate surface area is 128 Å². The SMILES string of the molecule is Cc1ccc(NC(=S)NC2CCCC(C)C2C)cc1C. The minimum Gasteiger partial charge on any atom is -0.359 e. The number of hydrogen-bond acceptors (Lipinski definition) is 1. The van der Waals surface area contributed by atoms with Gasteiger partial charge in [0, 0.05) is 11.7 Å². The van der Waals surface area contributed by atoms with Crippen LogP contribution in [0.4, 0.5) is 5.69 Å². The lowest BCUT2D eigenvalue weighted by Crippen LogP contribution is -2.45. The summed E-state index contributed by atoms with van der Waals surface area (Å²) in [5, 5.41) is 7.56. The van der Waals surface area contributed by atoms with Gasteiger partial charge in [-0.15, -0.1) is 0 Å². The van der Waals surface area contributed by atoms with Crippen LogP contribution in [0.5, 0.6) is 0 Å². The van der Waals surface area contributed by atoms with Gasteiger partial charge in [-0.25, -0.2) is 0 Å².